The van der Waals surface area contributed by atoms with Gasteiger partial charge in [0.1, 0.15) is 0 Å². The fourth-order valence-corrected chi connectivity index (χ4v) is 3.40. The molecule has 2 aliphatic heterocycles. The molecule has 0 radical (unpaired) electrons. The van der Waals surface area contributed by atoms with Crippen LogP contribution in [0.25, 0.3) is 5.57 Å². The van der Waals surface area contributed by atoms with Crippen molar-refractivity contribution in [2.24, 2.45) is 0 Å². The highest BCUT2D eigenvalue weighted by Crippen LogP contribution is 2.32. The Bertz CT molecular complexity index is 948. The summed E-state index contributed by atoms with van der Waals surface area (Å²) < 4.78 is 5.38. The van der Waals surface area contributed by atoms with Gasteiger partial charge in [-0.15, -0.1) is 0 Å². The number of hydrogen-bond acceptors (Lipinski definition) is 5. The van der Waals surface area contributed by atoms with Crippen LogP contribution < -0.4 is 10.6 Å². The molecule has 7 nitrogen and oxygen atoms in total. The van der Waals surface area contributed by atoms with E-state index >= 15 is 0 Å². The van der Waals surface area contributed by atoms with E-state index in [-0.39, 0.29) is 11.5 Å². The van der Waals surface area contributed by atoms with Crippen LogP contribution in [0.1, 0.15) is 21.5 Å². The minimum atomic E-state index is -1.02. The summed E-state index contributed by atoms with van der Waals surface area (Å²) in [4.78, 5) is 25.8. The molecule has 0 bridgehead atoms. The number of hydrogen-bond donors (Lipinski definition) is 3. The Morgan fingerprint density at radius 1 is 1.21 bits per heavy atom. The average molecular weight is 379 g/mol. The number of nitrogens with zero attached hydrogens (tertiary/aromatic N) is 1. The number of nitrogens with one attached hydrogen (secondary N) is 2. The zero-order chi connectivity index (χ0) is 19.5. The first-order valence-corrected chi connectivity index (χ1v) is 9.15. The van der Waals surface area contributed by atoms with Crippen molar-refractivity contribution in [3.8, 4) is 0 Å². The van der Waals surface area contributed by atoms with Gasteiger partial charge in [0.15, 0.2) is 0 Å². The van der Waals surface area contributed by atoms with Gasteiger partial charge in [-0.25, -0.2) is 4.79 Å². The van der Waals surface area contributed by atoms with Crippen LogP contribution in [0.3, 0.4) is 0 Å². The lowest BCUT2D eigenvalue weighted by atomic mass is 10.0. The van der Waals surface area contributed by atoms with Crippen molar-refractivity contribution in [2.75, 3.05) is 36.9 Å². The lowest BCUT2D eigenvalue weighted by molar-refractivity contribution is -0.110. The monoisotopic (exact) mass is 379 g/mol. The third kappa shape index (κ3) is 3.90. The molecule has 144 valence electrons. The summed E-state index contributed by atoms with van der Waals surface area (Å²) in [6.45, 7) is 4.21. The second kappa shape index (κ2) is 7.84. The number of carboxylic acids is 1. The van der Waals surface area contributed by atoms with Crippen LogP contribution in [0.15, 0.2) is 48.7 Å². The minimum Gasteiger partial charge on any atom is -0.478 e. The van der Waals surface area contributed by atoms with Gasteiger partial charge in [0.05, 0.1) is 24.4 Å². The van der Waals surface area contributed by atoms with Gasteiger partial charge in [-0.3, -0.25) is 9.69 Å². The van der Waals surface area contributed by atoms with Gasteiger partial charge in [-0.2, -0.15) is 0 Å². The summed E-state index contributed by atoms with van der Waals surface area (Å²) in [6.07, 6.45) is 1.63. The molecular weight excluding hydrogens is 358 g/mol. The number of anilines is 2. The molecule has 2 aliphatic rings. The van der Waals surface area contributed by atoms with Crippen LogP contribution >= 0.6 is 0 Å². The van der Waals surface area contributed by atoms with Crippen LogP contribution in [0.2, 0.25) is 0 Å². The smallest absolute Gasteiger partial charge is 0.335 e. The maximum Gasteiger partial charge on any atom is 0.335 e. The van der Waals surface area contributed by atoms with Crippen molar-refractivity contribution in [1.82, 2.24) is 4.90 Å². The molecule has 2 heterocycles. The lowest BCUT2D eigenvalue weighted by Crippen LogP contribution is -2.35. The predicted octanol–water partition coefficient (Wildman–Crippen LogP) is 2.62. The maximum atomic E-state index is 12.3. The first-order valence-electron chi connectivity index (χ1n) is 9.15. The van der Waals surface area contributed by atoms with Crippen LogP contribution in [-0.4, -0.2) is 48.2 Å². The highest BCUT2D eigenvalue weighted by atomic mass is 16.5. The molecule has 1 amide bonds. The standard InChI is InChI=1S/C21H21N3O4/c25-20-18(17-11-15(21(26)27)4-5-19(17)23-20)12-22-16-3-1-2-14(10-16)13-24-6-8-28-9-7-24/h1-5,10-12,22H,6-9,13H2,(H,23,25)(H,26,27)/b18-12-. The van der Waals surface area contributed by atoms with Crippen molar-refractivity contribution in [1.29, 1.82) is 0 Å². The number of rotatable bonds is 5. The fourth-order valence-electron chi connectivity index (χ4n) is 3.40. The first kappa shape index (κ1) is 18.2. The van der Waals surface area contributed by atoms with Gasteiger partial charge in [-0.1, -0.05) is 12.1 Å². The molecule has 0 spiro atoms. The summed E-state index contributed by atoms with van der Waals surface area (Å²) in [5.74, 6) is -1.28. The molecule has 28 heavy (non-hydrogen) atoms. The summed E-state index contributed by atoms with van der Waals surface area (Å²) in [6, 6.07) is 12.6. The van der Waals surface area contributed by atoms with E-state index in [0.717, 1.165) is 38.5 Å². The number of ether oxygens (including phenoxy) is 1. The number of aromatic carboxylic acids is 1. The van der Waals surface area contributed by atoms with Crippen LogP contribution in [0.5, 0.6) is 0 Å². The SMILES string of the molecule is O=C1Nc2ccc(C(=O)O)cc2/C1=C/Nc1cccc(CN2CCOCC2)c1. The van der Waals surface area contributed by atoms with E-state index in [0.29, 0.717) is 16.8 Å². The second-order valence-electron chi connectivity index (χ2n) is 6.81. The van der Waals surface area contributed by atoms with Gasteiger partial charge >= 0.3 is 5.97 Å². The van der Waals surface area contributed by atoms with Gasteiger partial charge in [0, 0.05) is 42.8 Å². The number of carbonyl (C=O) groups is 2. The quantitative estimate of drug-likeness (QED) is 0.692. The maximum absolute atomic E-state index is 12.3. The summed E-state index contributed by atoms with van der Waals surface area (Å²) in [5, 5.41) is 15.1. The Morgan fingerprint density at radius 2 is 2.04 bits per heavy atom. The highest BCUT2D eigenvalue weighted by molar-refractivity contribution is 6.32. The molecule has 3 N–H and O–H groups in total. The first-order chi connectivity index (χ1) is 13.6. The fraction of sp³-hybridized carbons (Fsp3) is 0.238. The summed E-state index contributed by atoms with van der Waals surface area (Å²) >= 11 is 0. The molecule has 0 atom stereocenters. The van der Waals surface area contributed by atoms with E-state index in [4.69, 9.17) is 4.74 Å². The minimum absolute atomic E-state index is 0.147. The third-order valence-electron chi connectivity index (χ3n) is 4.87. The van der Waals surface area contributed by atoms with Crippen molar-refractivity contribution in [3.63, 3.8) is 0 Å². The molecule has 7 heteroatoms. The molecule has 0 unspecified atom stereocenters. The van der Waals surface area contributed by atoms with Gasteiger partial charge < -0.3 is 20.5 Å². The number of carbonyl (C=O) groups excluding carboxylic acids is 1. The van der Waals surface area contributed by atoms with Crippen molar-refractivity contribution >= 4 is 28.8 Å². The summed E-state index contributed by atoms with van der Waals surface area (Å²) in [5.41, 5.74) is 3.81. The third-order valence-corrected chi connectivity index (χ3v) is 4.87. The van der Waals surface area contributed by atoms with Gasteiger partial charge in [0.2, 0.25) is 0 Å². The largest absolute Gasteiger partial charge is 0.478 e. The topological polar surface area (TPSA) is 90.9 Å². The molecule has 2 aromatic carbocycles. The van der Waals surface area contributed by atoms with Gasteiger partial charge in [0.25, 0.3) is 5.91 Å². The van der Waals surface area contributed by atoms with Crippen LogP contribution in [0.4, 0.5) is 11.4 Å². The summed E-state index contributed by atoms with van der Waals surface area (Å²) in [7, 11) is 0. The Balaban J connectivity index is 1.52. The normalized spacial score (nSPS) is 18.0. The Hall–Kier alpha value is -3.16. The Morgan fingerprint density at radius 3 is 2.82 bits per heavy atom. The predicted molar refractivity (Wildman–Crippen MR) is 106 cm³/mol. The molecular formula is C21H21N3O4. The van der Waals surface area contributed by atoms with Crippen LogP contribution in [-0.2, 0) is 16.1 Å². The Labute approximate surface area is 162 Å². The molecule has 0 saturated carbocycles. The van der Waals surface area contributed by atoms with E-state index in [2.05, 4.69) is 21.6 Å². The number of morpholine rings is 1. The van der Waals surface area contributed by atoms with E-state index in [1.54, 1.807) is 12.3 Å². The second-order valence-corrected chi connectivity index (χ2v) is 6.81. The van der Waals surface area contributed by atoms with Gasteiger partial charge in [-0.05, 0) is 35.9 Å². The number of amides is 1. The van der Waals surface area contributed by atoms with E-state index in [9.17, 15) is 14.7 Å². The average Bonchev–Trinajstić information content (AvgIpc) is 3.01. The highest BCUT2D eigenvalue weighted by Gasteiger charge is 2.25. The molecule has 1 saturated heterocycles. The number of carboxylic acid groups (broad SMARTS) is 1. The molecule has 4 rings (SSSR count). The van der Waals surface area contributed by atoms with E-state index < -0.39 is 5.97 Å². The molecule has 0 aromatic heterocycles. The molecule has 1 fully saturated rings. The number of benzene rings is 2. The zero-order valence-electron chi connectivity index (χ0n) is 15.3. The van der Waals surface area contributed by atoms with E-state index in [1.165, 1.54) is 17.7 Å². The lowest BCUT2D eigenvalue weighted by Gasteiger charge is -2.26. The molecule has 0 aliphatic carbocycles. The zero-order valence-corrected chi connectivity index (χ0v) is 15.3. The number of fused-ring (bicyclic) bond motifs is 1. The molecule has 2 aromatic rings. The van der Waals surface area contributed by atoms with Crippen LogP contribution in [0, 0.1) is 0 Å². The van der Waals surface area contributed by atoms with Crippen molar-refractivity contribution < 1.29 is 19.4 Å². The van der Waals surface area contributed by atoms with E-state index in [1.807, 2.05) is 18.2 Å². The van der Waals surface area contributed by atoms with Crippen molar-refractivity contribution in [3.05, 3.63) is 65.4 Å². The van der Waals surface area contributed by atoms with Crippen molar-refractivity contribution in [2.45, 2.75) is 6.54 Å². The Kier molecular flexibility index (Phi) is 5.10.